The van der Waals surface area contributed by atoms with Gasteiger partial charge in [-0.2, -0.15) is 0 Å². The summed E-state index contributed by atoms with van der Waals surface area (Å²) in [6.07, 6.45) is 0.586. The molecule has 0 fully saturated rings. The van der Waals surface area contributed by atoms with Crippen molar-refractivity contribution in [3.8, 4) is 0 Å². The van der Waals surface area contributed by atoms with Crippen molar-refractivity contribution in [2.45, 2.75) is 38.9 Å². The van der Waals surface area contributed by atoms with Crippen LogP contribution in [-0.2, 0) is 0 Å². The van der Waals surface area contributed by atoms with Gasteiger partial charge in [-0.15, -0.1) is 0 Å². The standard InChI is InChI=1S/C8H14O2/c1-3-5-6(4-2)8(10)7(5)9/h7-10H,3-4H2,1-2H3. The van der Waals surface area contributed by atoms with E-state index < -0.39 is 12.2 Å². The predicted molar refractivity (Wildman–Crippen MR) is 39.6 cm³/mol. The number of rotatable bonds is 2. The molecule has 0 spiro atoms. The van der Waals surface area contributed by atoms with Gasteiger partial charge < -0.3 is 10.2 Å². The summed E-state index contributed by atoms with van der Waals surface area (Å²) < 4.78 is 0. The van der Waals surface area contributed by atoms with E-state index in [1.807, 2.05) is 13.8 Å². The smallest absolute Gasteiger partial charge is 0.105 e. The van der Waals surface area contributed by atoms with Gasteiger partial charge in [0, 0.05) is 0 Å². The van der Waals surface area contributed by atoms with E-state index in [1.165, 1.54) is 0 Å². The summed E-state index contributed by atoms with van der Waals surface area (Å²) in [4.78, 5) is 0. The van der Waals surface area contributed by atoms with Crippen LogP contribution in [0.25, 0.3) is 0 Å². The third-order valence-corrected chi connectivity index (χ3v) is 2.19. The number of aliphatic hydroxyl groups is 2. The molecule has 0 bridgehead atoms. The summed E-state index contributed by atoms with van der Waals surface area (Å²) in [6.45, 7) is 4.00. The van der Waals surface area contributed by atoms with Crippen molar-refractivity contribution in [2.75, 3.05) is 0 Å². The maximum atomic E-state index is 9.17. The normalized spacial score (nSPS) is 32.4. The van der Waals surface area contributed by atoms with E-state index in [2.05, 4.69) is 0 Å². The molecular weight excluding hydrogens is 128 g/mol. The molecule has 2 atom stereocenters. The highest BCUT2D eigenvalue weighted by molar-refractivity contribution is 5.35. The third kappa shape index (κ3) is 0.879. The molecule has 0 heterocycles. The Balaban J connectivity index is 2.73. The summed E-state index contributed by atoms with van der Waals surface area (Å²) >= 11 is 0. The Labute approximate surface area is 61.2 Å². The Kier molecular flexibility index (Phi) is 2.11. The molecule has 2 unspecified atom stereocenters. The van der Waals surface area contributed by atoms with Crippen LogP contribution >= 0.6 is 0 Å². The Hall–Kier alpha value is -0.340. The van der Waals surface area contributed by atoms with Crippen molar-refractivity contribution >= 4 is 0 Å². The zero-order valence-electron chi connectivity index (χ0n) is 6.46. The Morgan fingerprint density at radius 2 is 1.30 bits per heavy atom. The van der Waals surface area contributed by atoms with Gasteiger partial charge in [0.25, 0.3) is 0 Å². The lowest BCUT2D eigenvalue weighted by Gasteiger charge is -2.34. The van der Waals surface area contributed by atoms with Crippen LogP contribution < -0.4 is 0 Å². The van der Waals surface area contributed by atoms with Crippen LogP contribution in [0.1, 0.15) is 26.7 Å². The Morgan fingerprint density at radius 3 is 1.50 bits per heavy atom. The fraction of sp³-hybridized carbons (Fsp3) is 0.750. The lowest BCUT2D eigenvalue weighted by Crippen LogP contribution is -2.40. The molecule has 1 aliphatic rings. The fourth-order valence-corrected chi connectivity index (χ4v) is 1.54. The summed E-state index contributed by atoms with van der Waals surface area (Å²) in [5.74, 6) is 0. The number of aliphatic hydroxyl groups excluding tert-OH is 2. The Bertz CT molecular complexity index is 143. The summed E-state index contributed by atoms with van der Waals surface area (Å²) in [5.41, 5.74) is 2.07. The zero-order valence-corrected chi connectivity index (χ0v) is 6.46. The first kappa shape index (κ1) is 7.76. The fourth-order valence-electron chi connectivity index (χ4n) is 1.54. The molecule has 58 valence electrons. The molecule has 0 radical (unpaired) electrons. The summed E-state index contributed by atoms with van der Waals surface area (Å²) in [7, 11) is 0. The van der Waals surface area contributed by atoms with Gasteiger partial charge in [0.2, 0.25) is 0 Å². The molecule has 0 aliphatic heterocycles. The SMILES string of the molecule is CCC1=C(CC)C(O)C1O. The van der Waals surface area contributed by atoms with Crippen molar-refractivity contribution in [3.05, 3.63) is 11.1 Å². The van der Waals surface area contributed by atoms with Crippen LogP contribution in [0.15, 0.2) is 11.1 Å². The molecular formula is C8H14O2. The summed E-state index contributed by atoms with van der Waals surface area (Å²) in [5, 5.41) is 18.3. The largest absolute Gasteiger partial charge is 0.386 e. The Morgan fingerprint density at radius 1 is 1.00 bits per heavy atom. The average molecular weight is 142 g/mol. The predicted octanol–water partition coefficient (Wildman–Crippen LogP) is 0.838. The average Bonchev–Trinajstić information content (AvgIpc) is 1.97. The second-order valence-electron chi connectivity index (χ2n) is 2.65. The van der Waals surface area contributed by atoms with Crippen LogP contribution in [0.5, 0.6) is 0 Å². The maximum Gasteiger partial charge on any atom is 0.105 e. The number of hydrogen-bond acceptors (Lipinski definition) is 2. The molecule has 2 nitrogen and oxygen atoms in total. The molecule has 0 aromatic rings. The van der Waals surface area contributed by atoms with Gasteiger partial charge in [0.15, 0.2) is 0 Å². The van der Waals surface area contributed by atoms with E-state index in [1.54, 1.807) is 0 Å². The zero-order chi connectivity index (χ0) is 7.72. The summed E-state index contributed by atoms with van der Waals surface area (Å²) in [6, 6.07) is 0. The molecule has 0 saturated heterocycles. The van der Waals surface area contributed by atoms with Gasteiger partial charge in [-0.05, 0) is 24.0 Å². The quantitative estimate of drug-likeness (QED) is 0.561. The van der Waals surface area contributed by atoms with Crippen molar-refractivity contribution < 1.29 is 10.2 Å². The second-order valence-corrected chi connectivity index (χ2v) is 2.65. The van der Waals surface area contributed by atoms with Crippen molar-refractivity contribution in [1.82, 2.24) is 0 Å². The number of hydrogen-bond donors (Lipinski definition) is 2. The third-order valence-electron chi connectivity index (χ3n) is 2.19. The monoisotopic (exact) mass is 142 g/mol. The first-order chi connectivity index (χ1) is 4.72. The minimum Gasteiger partial charge on any atom is -0.386 e. The highest BCUT2D eigenvalue weighted by Crippen LogP contribution is 2.33. The minimum absolute atomic E-state index is 0.569. The van der Waals surface area contributed by atoms with Crippen LogP contribution in [-0.4, -0.2) is 22.4 Å². The van der Waals surface area contributed by atoms with E-state index in [9.17, 15) is 0 Å². The van der Waals surface area contributed by atoms with Gasteiger partial charge in [-0.1, -0.05) is 13.8 Å². The molecule has 2 heteroatoms. The lowest BCUT2D eigenvalue weighted by molar-refractivity contribution is 0.0325. The molecule has 2 N–H and O–H groups in total. The molecule has 0 amide bonds. The highest BCUT2D eigenvalue weighted by Gasteiger charge is 2.34. The van der Waals surface area contributed by atoms with Gasteiger partial charge in [0.05, 0.1) is 0 Å². The van der Waals surface area contributed by atoms with E-state index in [0.717, 1.165) is 24.0 Å². The van der Waals surface area contributed by atoms with E-state index in [4.69, 9.17) is 10.2 Å². The van der Waals surface area contributed by atoms with E-state index >= 15 is 0 Å². The van der Waals surface area contributed by atoms with Gasteiger partial charge in [0.1, 0.15) is 12.2 Å². The van der Waals surface area contributed by atoms with Gasteiger partial charge in [-0.3, -0.25) is 0 Å². The van der Waals surface area contributed by atoms with Crippen LogP contribution in [0.2, 0.25) is 0 Å². The van der Waals surface area contributed by atoms with Crippen LogP contribution in [0.4, 0.5) is 0 Å². The first-order valence-corrected chi connectivity index (χ1v) is 3.80. The van der Waals surface area contributed by atoms with Crippen molar-refractivity contribution in [2.24, 2.45) is 0 Å². The van der Waals surface area contributed by atoms with Gasteiger partial charge >= 0.3 is 0 Å². The van der Waals surface area contributed by atoms with E-state index in [0.29, 0.717) is 0 Å². The second kappa shape index (κ2) is 2.72. The van der Waals surface area contributed by atoms with Crippen LogP contribution in [0, 0.1) is 0 Å². The molecule has 0 saturated carbocycles. The van der Waals surface area contributed by atoms with Crippen molar-refractivity contribution in [3.63, 3.8) is 0 Å². The minimum atomic E-state index is -0.569. The molecule has 10 heavy (non-hydrogen) atoms. The lowest BCUT2D eigenvalue weighted by atomic mass is 9.79. The first-order valence-electron chi connectivity index (χ1n) is 3.80. The van der Waals surface area contributed by atoms with Crippen LogP contribution in [0.3, 0.4) is 0 Å². The molecule has 1 rings (SSSR count). The highest BCUT2D eigenvalue weighted by atomic mass is 16.3. The van der Waals surface area contributed by atoms with Gasteiger partial charge in [-0.25, -0.2) is 0 Å². The van der Waals surface area contributed by atoms with E-state index in [-0.39, 0.29) is 0 Å². The molecule has 0 aromatic carbocycles. The molecule has 0 aromatic heterocycles. The maximum absolute atomic E-state index is 9.17. The molecule has 1 aliphatic carbocycles. The topological polar surface area (TPSA) is 40.5 Å². The van der Waals surface area contributed by atoms with Crippen molar-refractivity contribution in [1.29, 1.82) is 0 Å².